The molecular formula is C18H36O2S2. The van der Waals surface area contributed by atoms with Crippen molar-refractivity contribution in [2.45, 2.75) is 70.0 Å². The molecule has 0 spiro atoms. The van der Waals surface area contributed by atoms with E-state index in [1.165, 1.54) is 57.8 Å². The van der Waals surface area contributed by atoms with Gasteiger partial charge in [-0.05, 0) is 6.42 Å². The molecule has 0 bridgehead atoms. The van der Waals surface area contributed by atoms with Gasteiger partial charge in [0.15, 0.2) is 0 Å². The summed E-state index contributed by atoms with van der Waals surface area (Å²) in [5.74, 6) is 3.34. The zero-order chi connectivity index (χ0) is 15.7. The van der Waals surface area contributed by atoms with Gasteiger partial charge in [-0.1, -0.05) is 58.3 Å². The molecule has 1 heterocycles. The van der Waals surface area contributed by atoms with Gasteiger partial charge in [0.25, 0.3) is 0 Å². The minimum atomic E-state index is 0.674. The van der Waals surface area contributed by atoms with Crippen LogP contribution in [0.2, 0.25) is 0 Å². The van der Waals surface area contributed by atoms with Gasteiger partial charge < -0.3 is 9.47 Å². The van der Waals surface area contributed by atoms with E-state index in [1.807, 2.05) is 11.8 Å². The second-order valence-corrected chi connectivity index (χ2v) is 8.69. The lowest BCUT2D eigenvalue weighted by molar-refractivity contribution is 0.146. The fourth-order valence-electron chi connectivity index (χ4n) is 2.65. The number of thioether (sulfide) groups is 2. The second-order valence-electron chi connectivity index (χ2n) is 6.06. The molecule has 2 nitrogen and oxygen atoms in total. The van der Waals surface area contributed by atoms with Crippen LogP contribution < -0.4 is 0 Å². The third-order valence-corrected chi connectivity index (χ3v) is 6.16. The zero-order valence-electron chi connectivity index (χ0n) is 14.5. The lowest BCUT2D eigenvalue weighted by atomic mass is 10.1. The van der Waals surface area contributed by atoms with Crippen molar-refractivity contribution in [3.8, 4) is 0 Å². The predicted molar refractivity (Wildman–Crippen MR) is 102 cm³/mol. The first-order valence-electron chi connectivity index (χ1n) is 9.28. The van der Waals surface area contributed by atoms with Gasteiger partial charge in [-0.3, -0.25) is 0 Å². The first-order chi connectivity index (χ1) is 10.9. The third-order valence-electron chi connectivity index (χ3n) is 4.01. The summed E-state index contributed by atoms with van der Waals surface area (Å²) in [6.45, 7) is 5.92. The molecular weight excluding hydrogens is 312 g/mol. The van der Waals surface area contributed by atoms with E-state index in [2.05, 4.69) is 18.7 Å². The van der Waals surface area contributed by atoms with Crippen molar-refractivity contribution in [1.29, 1.82) is 0 Å². The molecule has 22 heavy (non-hydrogen) atoms. The molecule has 4 heteroatoms. The van der Waals surface area contributed by atoms with Crippen molar-refractivity contribution in [1.82, 2.24) is 0 Å². The summed E-state index contributed by atoms with van der Waals surface area (Å²) in [4.78, 5) is 0. The molecule has 1 saturated heterocycles. The highest BCUT2D eigenvalue weighted by molar-refractivity contribution is 8.00. The van der Waals surface area contributed by atoms with Crippen molar-refractivity contribution < 1.29 is 9.47 Å². The number of unbranched alkanes of at least 4 members (excludes halogenated alkanes) is 7. The monoisotopic (exact) mass is 348 g/mol. The molecule has 0 radical (unpaired) electrons. The Hall–Kier alpha value is 0.620. The molecule has 0 aromatic rings. The topological polar surface area (TPSA) is 18.5 Å². The average molecular weight is 349 g/mol. The maximum Gasteiger partial charge on any atom is 0.0585 e. The molecule has 1 atom stereocenters. The van der Waals surface area contributed by atoms with Crippen LogP contribution in [0, 0.1) is 0 Å². The van der Waals surface area contributed by atoms with Gasteiger partial charge in [-0.15, -0.1) is 0 Å². The van der Waals surface area contributed by atoms with Crippen molar-refractivity contribution in [2.75, 3.05) is 43.7 Å². The number of ether oxygens (including phenoxy) is 2. The molecule has 0 aromatic heterocycles. The second kappa shape index (κ2) is 16.5. The Morgan fingerprint density at radius 3 is 2.18 bits per heavy atom. The molecule has 0 aromatic carbocycles. The van der Waals surface area contributed by atoms with E-state index >= 15 is 0 Å². The molecule has 1 unspecified atom stereocenters. The lowest BCUT2D eigenvalue weighted by Crippen LogP contribution is -2.16. The predicted octanol–water partition coefficient (Wildman–Crippen LogP) is 5.40. The van der Waals surface area contributed by atoms with Crippen LogP contribution in [0.1, 0.15) is 64.7 Å². The van der Waals surface area contributed by atoms with Gasteiger partial charge in [0, 0.05) is 22.5 Å². The normalized spacial score (nSPS) is 22.0. The quantitative estimate of drug-likeness (QED) is 0.519. The Morgan fingerprint density at radius 2 is 1.41 bits per heavy atom. The smallest absolute Gasteiger partial charge is 0.0585 e. The van der Waals surface area contributed by atoms with Gasteiger partial charge in [-0.2, -0.15) is 23.5 Å². The number of rotatable bonds is 9. The zero-order valence-corrected chi connectivity index (χ0v) is 16.2. The largest absolute Gasteiger partial charge is 0.380 e. The maximum absolute atomic E-state index is 5.86. The van der Waals surface area contributed by atoms with Gasteiger partial charge >= 0.3 is 0 Å². The highest BCUT2D eigenvalue weighted by Crippen LogP contribution is 2.20. The Labute approximate surface area is 146 Å². The highest BCUT2D eigenvalue weighted by atomic mass is 32.2. The van der Waals surface area contributed by atoms with Crippen LogP contribution in [0.15, 0.2) is 0 Å². The molecule has 1 rings (SSSR count). The Bertz CT molecular complexity index is 215. The number of hydrogen-bond donors (Lipinski definition) is 0. The van der Waals surface area contributed by atoms with Crippen LogP contribution in [0.5, 0.6) is 0 Å². The van der Waals surface area contributed by atoms with Crippen LogP contribution in [0.3, 0.4) is 0 Å². The maximum atomic E-state index is 5.86. The van der Waals surface area contributed by atoms with Gasteiger partial charge in [0.2, 0.25) is 0 Å². The summed E-state index contributed by atoms with van der Waals surface area (Å²) in [5.41, 5.74) is 0. The van der Waals surface area contributed by atoms with E-state index in [0.29, 0.717) is 5.25 Å². The summed E-state index contributed by atoms with van der Waals surface area (Å²) in [5, 5.41) is 0.674. The van der Waals surface area contributed by atoms with Crippen molar-refractivity contribution in [3.05, 3.63) is 0 Å². The molecule has 1 fully saturated rings. The fourth-order valence-corrected chi connectivity index (χ4v) is 4.40. The van der Waals surface area contributed by atoms with E-state index < -0.39 is 0 Å². The summed E-state index contributed by atoms with van der Waals surface area (Å²) in [6.07, 6.45) is 12.6. The fraction of sp³-hybridized carbons (Fsp3) is 1.00. The third kappa shape index (κ3) is 13.1. The molecule has 0 saturated carbocycles. The molecule has 132 valence electrons. The lowest BCUT2D eigenvalue weighted by Gasteiger charge is -2.18. The Balaban J connectivity index is 2.02. The van der Waals surface area contributed by atoms with Gasteiger partial charge in [-0.25, -0.2) is 0 Å². The van der Waals surface area contributed by atoms with E-state index in [1.54, 1.807) is 0 Å². The Kier molecular flexibility index (Phi) is 15.5. The average Bonchev–Trinajstić information content (AvgIpc) is 2.52. The van der Waals surface area contributed by atoms with Crippen molar-refractivity contribution >= 4 is 23.5 Å². The van der Waals surface area contributed by atoms with E-state index in [0.717, 1.165) is 43.7 Å². The minimum absolute atomic E-state index is 0.674. The van der Waals surface area contributed by atoms with Crippen LogP contribution in [-0.2, 0) is 9.47 Å². The summed E-state index contributed by atoms with van der Waals surface area (Å²) in [7, 11) is 0. The molecule has 0 amide bonds. The molecule has 1 aliphatic rings. The molecule has 1 aliphatic heterocycles. The van der Waals surface area contributed by atoms with Crippen molar-refractivity contribution in [2.24, 2.45) is 0 Å². The van der Waals surface area contributed by atoms with Gasteiger partial charge in [0.05, 0.1) is 26.4 Å². The first kappa shape index (κ1) is 20.7. The van der Waals surface area contributed by atoms with Gasteiger partial charge in [0.1, 0.15) is 0 Å². The van der Waals surface area contributed by atoms with E-state index in [-0.39, 0.29) is 0 Å². The number of hydrogen-bond acceptors (Lipinski definition) is 4. The summed E-state index contributed by atoms with van der Waals surface area (Å²) >= 11 is 4.00. The molecule has 0 N–H and O–H groups in total. The molecule has 0 aliphatic carbocycles. The van der Waals surface area contributed by atoms with Crippen LogP contribution in [0.4, 0.5) is 0 Å². The van der Waals surface area contributed by atoms with Crippen LogP contribution in [0.25, 0.3) is 0 Å². The Morgan fingerprint density at radius 1 is 0.773 bits per heavy atom. The van der Waals surface area contributed by atoms with E-state index in [4.69, 9.17) is 9.47 Å². The highest BCUT2D eigenvalue weighted by Gasteiger charge is 2.10. The summed E-state index contributed by atoms with van der Waals surface area (Å²) in [6, 6.07) is 0. The SMILES string of the molecule is CCCCCCCCCCC1COCCSCCOCCS1. The van der Waals surface area contributed by atoms with E-state index in [9.17, 15) is 0 Å². The van der Waals surface area contributed by atoms with Crippen molar-refractivity contribution in [3.63, 3.8) is 0 Å². The van der Waals surface area contributed by atoms with Crippen LogP contribution in [-0.4, -0.2) is 48.9 Å². The minimum Gasteiger partial charge on any atom is -0.380 e. The van der Waals surface area contributed by atoms with Crippen LogP contribution >= 0.6 is 23.5 Å². The summed E-state index contributed by atoms with van der Waals surface area (Å²) < 4.78 is 11.5. The standard InChI is InChI=1S/C18H36O2S2/c1-2-3-4-5-6-7-8-9-10-18-17-20-12-15-21-14-11-19-13-16-22-18/h18H,2-17H2,1H3. The first-order valence-corrected chi connectivity index (χ1v) is 11.5.